The average molecular weight is 483 g/mol. The lowest BCUT2D eigenvalue weighted by Crippen LogP contribution is -2.68. The molecule has 178 valence electrons. The molecule has 33 heavy (non-hydrogen) atoms. The molecule has 2 aromatic carbocycles. The molecule has 0 aliphatic carbocycles. The van der Waals surface area contributed by atoms with Gasteiger partial charge in [-0.1, -0.05) is 113 Å². The van der Waals surface area contributed by atoms with Crippen molar-refractivity contribution in [3.8, 4) is 0 Å². The zero-order valence-corrected chi connectivity index (χ0v) is 22.3. The van der Waals surface area contributed by atoms with Gasteiger partial charge in [0, 0.05) is 12.2 Å². The standard InChI is InChI=1S/C28H38O3SSi/c1-5-6-7-8-9-16-21-25(26-22-29-27(32)30-26)31-33(28(2,3)4,23-17-12-10-13-18-23)24-19-14-11-15-20-24/h9-20,25-26H,5-8,21-22H2,1-4H3/b16-9-/t25-,26+/m0/s1. The number of benzene rings is 2. The Bertz CT molecular complexity index is 853. The number of allylic oxidation sites excluding steroid dienone is 1. The second-order valence-corrected chi connectivity index (χ2v) is 14.3. The molecule has 0 unspecified atom stereocenters. The summed E-state index contributed by atoms with van der Waals surface area (Å²) in [6.45, 7) is 9.57. The van der Waals surface area contributed by atoms with Crippen molar-refractivity contribution >= 4 is 36.1 Å². The molecule has 2 atom stereocenters. The van der Waals surface area contributed by atoms with Crippen LogP contribution in [0.2, 0.25) is 5.04 Å². The van der Waals surface area contributed by atoms with Crippen molar-refractivity contribution in [3.63, 3.8) is 0 Å². The predicted molar refractivity (Wildman–Crippen MR) is 144 cm³/mol. The second-order valence-electron chi connectivity index (χ2n) is 9.74. The van der Waals surface area contributed by atoms with Crippen molar-refractivity contribution in [3.05, 3.63) is 72.8 Å². The van der Waals surface area contributed by atoms with Crippen LogP contribution >= 0.6 is 12.2 Å². The van der Waals surface area contributed by atoms with Gasteiger partial charge in [-0.05, 0) is 34.7 Å². The van der Waals surface area contributed by atoms with Crippen LogP contribution in [0.3, 0.4) is 0 Å². The van der Waals surface area contributed by atoms with Crippen molar-refractivity contribution in [2.24, 2.45) is 0 Å². The second kappa shape index (κ2) is 12.0. The van der Waals surface area contributed by atoms with Crippen molar-refractivity contribution in [1.82, 2.24) is 0 Å². The van der Waals surface area contributed by atoms with Gasteiger partial charge in [0.2, 0.25) is 0 Å². The molecule has 1 heterocycles. The molecule has 0 radical (unpaired) electrons. The van der Waals surface area contributed by atoms with E-state index in [0.717, 1.165) is 12.8 Å². The Morgan fingerprint density at radius 2 is 1.61 bits per heavy atom. The first-order valence-electron chi connectivity index (χ1n) is 12.2. The molecular formula is C28H38O3SSi. The van der Waals surface area contributed by atoms with Crippen LogP contribution < -0.4 is 10.4 Å². The van der Waals surface area contributed by atoms with Gasteiger partial charge in [-0.3, -0.25) is 0 Å². The lowest BCUT2D eigenvalue weighted by Gasteiger charge is -2.45. The summed E-state index contributed by atoms with van der Waals surface area (Å²) < 4.78 is 18.8. The van der Waals surface area contributed by atoms with Crippen LogP contribution in [0, 0.1) is 0 Å². The summed E-state index contributed by atoms with van der Waals surface area (Å²) in [5.41, 5.74) is 0. The number of unbranched alkanes of at least 4 members (excludes halogenated alkanes) is 3. The first kappa shape index (κ1) is 25.7. The van der Waals surface area contributed by atoms with E-state index in [-0.39, 0.29) is 22.5 Å². The van der Waals surface area contributed by atoms with Crippen LogP contribution in [0.4, 0.5) is 0 Å². The van der Waals surface area contributed by atoms with Gasteiger partial charge < -0.3 is 13.9 Å². The summed E-state index contributed by atoms with van der Waals surface area (Å²) >= 11 is 5.19. The highest BCUT2D eigenvalue weighted by Crippen LogP contribution is 2.38. The van der Waals surface area contributed by atoms with Gasteiger partial charge in [0.05, 0.1) is 6.10 Å². The molecule has 3 rings (SSSR count). The minimum Gasteiger partial charge on any atom is -0.453 e. The Hall–Kier alpha value is -1.95. The number of hydrogen-bond donors (Lipinski definition) is 0. The third-order valence-electron chi connectivity index (χ3n) is 6.28. The third kappa shape index (κ3) is 6.34. The molecule has 2 aromatic rings. The van der Waals surface area contributed by atoms with Gasteiger partial charge in [0.15, 0.2) is 6.10 Å². The molecule has 1 aliphatic heterocycles. The normalized spacial score (nSPS) is 17.7. The third-order valence-corrected chi connectivity index (χ3v) is 11.6. The Morgan fingerprint density at radius 1 is 1.00 bits per heavy atom. The molecule has 3 nitrogen and oxygen atoms in total. The molecular weight excluding hydrogens is 444 g/mol. The molecule has 1 fully saturated rings. The minimum absolute atomic E-state index is 0.0984. The Balaban J connectivity index is 2.00. The fourth-order valence-corrected chi connectivity index (χ4v) is 9.49. The van der Waals surface area contributed by atoms with E-state index in [1.807, 2.05) is 0 Å². The largest absolute Gasteiger partial charge is 0.453 e. The lowest BCUT2D eigenvalue weighted by molar-refractivity contribution is 0.0595. The maximum atomic E-state index is 7.36. The average Bonchev–Trinajstić information content (AvgIpc) is 3.24. The Kier molecular flexibility index (Phi) is 9.30. The summed E-state index contributed by atoms with van der Waals surface area (Å²) in [4.78, 5) is 0. The maximum absolute atomic E-state index is 7.36. The molecule has 0 spiro atoms. The highest BCUT2D eigenvalue weighted by Gasteiger charge is 2.52. The topological polar surface area (TPSA) is 27.7 Å². The van der Waals surface area contributed by atoms with Crippen LogP contribution in [-0.2, 0) is 13.9 Å². The van der Waals surface area contributed by atoms with Gasteiger partial charge in [-0.2, -0.15) is 0 Å². The minimum atomic E-state index is -2.70. The van der Waals surface area contributed by atoms with Crippen LogP contribution in [0.15, 0.2) is 72.8 Å². The van der Waals surface area contributed by atoms with Gasteiger partial charge >= 0.3 is 5.24 Å². The fourth-order valence-electron chi connectivity index (χ4n) is 4.58. The van der Waals surface area contributed by atoms with E-state index in [9.17, 15) is 0 Å². The predicted octanol–water partition coefficient (Wildman–Crippen LogP) is 6.16. The van der Waals surface area contributed by atoms with E-state index in [1.54, 1.807) is 0 Å². The summed E-state index contributed by atoms with van der Waals surface area (Å²) in [5.74, 6) is 0. The quantitative estimate of drug-likeness (QED) is 0.166. The van der Waals surface area contributed by atoms with Crippen LogP contribution in [0.25, 0.3) is 0 Å². The van der Waals surface area contributed by atoms with Crippen LogP contribution in [0.1, 0.15) is 59.8 Å². The molecule has 0 bridgehead atoms. The summed E-state index contributed by atoms with van der Waals surface area (Å²) in [6, 6.07) is 21.5. The lowest BCUT2D eigenvalue weighted by atomic mass is 10.1. The van der Waals surface area contributed by atoms with Gasteiger partial charge in [0.25, 0.3) is 8.32 Å². The number of ether oxygens (including phenoxy) is 2. The van der Waals surface area contributed by atoms with Gasteiger partial charge in [-0.25, -0.2) is 0 Å². The fraction of sp³-hybridized carbons (Fsp3) is 0.464. The summed E-state index contributed by atoms with van der Waals surface area (Å²) in [5, 5.41) is 2.66. The number of thiocarbonyl (C=S) groups is 1. The molecule has 0 aromatic heterocycles. The van der Waals surface area contributed by atoms with E-state index < -0.39 is 8.32 Å². The van der Waals surface area contributed by atoms with Crippen LogP contribution in [-0.4, -0.2) is 32.4 Å². The molecule has 5 heteroatoms. The van der Waals surface area contributed by atoms with E-state index in [0.29, 0.717) is 6.61 Å². The Labute approximate surface area is 206 Å². The van der Waals surface area contributed by atoms with Crippen molar-refractivity contribution in [1.29, 1.82) is 0 Å². The van der Waals surface area contributed by atoms with E-state index in [2.05, 4.69) is 101 Å². The molecule has 0 saturated carbocycles. The maximum Gasteiger partial charge on any atom is 0.352 e. The summed E-state index contributed by atoms with van der Waals surface area (Å²) in [6.07, 6.45) is 9.76. The molecule has 0 amide bonds. The van der Waals surface area contributed by atoms with Crippen LogP contribution in [0.5, 0.6) is 0 Å². The SMILES string of the molecule is CCCCC/C=C\C[C@H](O[Si](c1ccccc1)(c1ccccc1)C(C)(C)C)[C@H]1COC(=S)O1. The number of rotatable bonds is 11. The highest BCUT2D eigenvalue weighted by molar-refractivity contribution is 7.79. The van der Waals surface area contributed by atoms with E-state index in [1.165, 1.54) is 29.6 Å². The molecule has 1 saturated heterocycles. The number of hydrogen-bond acceptors (Lipinski definition) is 4. The van der Waals surface area contributed by atoms with E-state index >= 15 is 0 Å². The molecule has 0 N–H and O–H groups in total. The van der Waals surface area contributed by atoms with Crippen molar-refractivity contribution in [2.45, 2.75) is 77.0 Å². The smallest absolute Gasteiger partial charge is 0.352 e. The first-order chi connectivity index (χ1) is 15.9. The van der Waals surface area contributed by atoms with Gasteiger partial charge in [-0.15, -0.1) is 0 Å². The van der Waals surface area contributed by atoms with Gasteiger partial charge in [0.1, 0.15) is 6.61 Å². The van der Waals surface area contributed by atoms with Crippen molar-refractivity contribution < 1.29 is 13.9 Å². The zero-order chi connectivity index (χ0) is 23.7. The van der Waals surface area contributed by atoms with E-state index in [4.69, 9.17) is 26.1 Å². The van der Waals surface area contributed by atoms with Crippen molar-refractivity contribution in [2.75, 3.05) is 6.61 Å². The summed E-state index contributed by atoms with van der Waals surface area (Å²) in [7, 11) is -2.70. The first-order valence-corrected chi connectivity index (χ1v) is 14.5. The zero-order valence-electron chi connectivity index (χ0n) is 20.5. The monoisotopic (exact) mass is 482 g/mol. The Morgan fingerprint density at radius 3 is 2.09 bits per heavy atom. The molecule has 1 aliphatic rings. The highest BCUT2D eigenvalue weighted by atomic mass is 32.1.